The second kappa shape index (κ2) is 4.86. The third-order valence-electron chi connectivity index (χ3n) is 3.37. The molecule has 1 unspecified atom stereocenters. The summed E-state index contributed by atoms with van der Waals surface area (Å²) in [6, 6.07) is -0.326. The number of carbonyl (C=O) groups is 1. The van der Waals surface area contributed by atoms with Crippen LogP contribution in [0.2, 0.25) is 0 Å². The smallest absolute Gasteiger partial charge is 0.255 e. The van der Waals surface area contributed by atoms with E-state index < -0.39 is 9.84 Å². The molecule has 0 aliphatic carbocycles. The van der Waals surface area contributed by atoms with Crippen molar-refractivity contribution in [3.05, 3.63) is 30.4 Å². The SMILES string of the molecule is O=C(NC1CCCS(=O)(=O)C1)c1cnn2ccncc12. The van der Waals surface area contributed by atoms with Crippen molar-refractivity contribution in [1.82, 2.24) is 19.9 Å². The van der Waals surface area contributed by atoms with Gasteiger partial charge in [0.15, 0.2) is 9.84 Å². The van der Waals surface area contributed by atoms with E-state index in [-0.39, 0.29) is 23.5 Å². The molecule has 3 heterocycles. The van der Waals surface area contributed by atoms with E-state index in [2.05, 4.69) is 15.4 Å². The monoisotopic (exact) mass is 294 g/mol. The van der Waals surface area contributed by atoms with Gasteiger partial charge in [0.25, 0.3) is 5.91 Å². The molecular formula is C12H14N4O3S. The van der Waals surface area contributed by atoms with Gasteiger partial charge in [-0.25, -0.2) is 12.9 Å². The molecule has 1 amide bonds. The third-order valence-corrected chi connectivity index (χ3v) is 5.19. The average Bonchev–Trinajstić information content (AvgIpc) is 2.81. The zero-order valence-corrected chi connectivity index (χ0v) is 11.5. The van der Waals surface area contributed by atoms with Crippen LogP contribution in [0.3, 0.4) is 0 Å². The van der Waals surface area contributed by atoms with Gasteiger partial charge in [-0.3, -0.25) is 9.78 Å². The Hall–Kier alpha value is -1.96. The minimum absolute atomic E-state index is 0.0101. The van der Waals surface area contributed by atoms with Gasteiger partial charge < -0.3 is 5.32 Å². The molecule has 0 bridgehead atoms. The molecule has 1 saturated heterocycles. The van der Waals surface area contributed by atoms with Crippen LogP contribution in [0.25, 0.3) is 5.52 Å². The van der Waals surface area contributed by atoms with Gasteiger partial charge in [-0.1, -0.05) is 0 Å². The van der Waals surface area contributed by atoms with E-state index >= 15 is 0 Å². The van der Waals surface area contributed by atoms with Crippen LogP contribution in [0.1, 0.15) is 23.2 Å². The third kappa shape index (κ3) is 2.51. The highest BCUT2D eigenvalue weighted by Gasteiger charge is 2.26. The van der Waals surface area contributed by atoms with Gasteiger partial charge in [0.1, 0.15) is 0 Å². The fourth-order valence-corrected chi connectivity index (χ4v) is 4.05. The van der Waals surface area contributed by atoms with Gasteiger partial charge in [-0.15, -0.1) is 0 Å². The highest BCUT2D eigenvalue weighted by atomic mass is 32.2. The molecule has 7 nitrogen and oxygen atoms in total. The molecule has 20 heavy (non-hydrogen) atoms. The molecule has 1 atom stereocenters. The van der Waals surface area contributed by atoms with E-state index in [1.54, 1.807) is 23.1 Å². The summed E-state index contributed by atoms with van der Waals surface area (Å²) in [4.78, 5) is 16.2. The van der Waals surface area contributed by atoms with Crippen molar-refractivity contribution in [3.63, 3.8) is 0 Å². The van der Waals surface area contributed by atoms with E-state index in [0.29, 0.717) is 23.9 Å². The van der Waals surface area contributed by atoms with Crippen molar-refractivity contribution >= 4 is 21.3 Å². The lowest BCUT2D eigenvalue weighted by atomic mass is 10.1. The molecule has 0 spiro atoms. The first-order chi connectivity index (χ1) is 9.55. The number of carbonyl (C=O) groups excluding carboxylic acids is 1. The number of hydrogen-bond acceptors (Lipinski definition) is 5. The van der Waals surface area contributed by atoms with Crippen molar-refractivity contribution in [3.8, 4) is 0 Å². The standard InChI is InChI=1S/C12H14N4O3S/c17-12(15-9-2-1-5-20(18,19)8-9)10-6-14-16-4-3-13-7-11(10)16/h3-4,6-7,9H,1-2,5,8H2,(H,15,17). The Balaban J connectivity index is 1.80. The quantitative estimate of drug-likeness (QED) is 0.844. The largest absolute Gasteiger partial charge is 0.348 e. The minimum Gasteiger partial charge on any atom is -0.348 e. The second-order valence-electron chi connectivity index (χ2n) is 4.89. The molecule has 0 radical (unpaired) electrons. The van der Waals surface area contributed by atoms with E-state index in [0.717, 1.165) is 0 Å². The number of aromatic nitrogens is 3. The molecule has 8 heteroatoms. The van der Waals surface area contributed by atoms with Crippen LogP contribution in [0.4, 0.5) is 0 Å². The minimum atomic E-state index is -3.04. The average molecular weight is 294 g/mol. The van der Waals surface area contributed by atoms with Gasteiger partial charge >= 0.3 is 0 Å². The summed E-state index contributed by atoms with van der Waals surface area (Å²) in [6.07, 6.45) is 7.52. The number of sulfone groups is 1. The van der Waals surface area contributed by atoms with E-state index in [4.69, 9.17) is 0 Å². The van der Waals surface area contributed by atoms with Gasteiger partial charge in [0.2, 0.25) is 0 Å². The van der Waals surface area contributed by atoms with Crippen LogP contribution in [-0.2, 0) is 9.84 Å². The first-order valence-electron chi connectivity index (χ1n) is 6.34. The summed E-state index contributed by atoms with van der Waals surface area (Å²) in [7, 11) is -3.04. The number of hydrogen-bond donors (Lipinski definition) is 1. The van der Waals surface area contributed by atoms with Crippen LogP contribution < -0.4 is 5.32 Å². The Morgan fingerprint density at radius 2 is 2.25 bits per heavy atom. The molecule has 1 N–H and O–H groups in total. The Kier molecular flexibility index (Phi) is 3.17. The summed E-state index contributed by atoms with van der Waals surface area (Å²) in [5.74, 6) is -0.0916. The summed E-state index contributed by atoms with van der Waals surface area (Å²) in [5, 5.41) is 6.83. The molecule has 0 aromatic carbocycles. The van der Waals surface area contributed by atoms with Gasteiger partial charge in [-0.05, 0) is 12.8 Å². The molecule has 2 aromatic heterocycles. The van der Waals surface area contributed by atoms with Crippen LogP contribution in [0.5, 0.6) is 0 Å². The lowest BCUT2D eigenvalue weighted by Gasteiger charge is -2.22. The maximum atomic E-state index is 12.2. The van der Waals surface area contributed by atoms with Crippen LogP contribution in [0.15, 0.2) is 24.8 Å². The van der Waals surface area contributed by atoms with Gasteiger partial charge in [0.05, 0.1) is 35.0 Å². The van der Waals surface area contributed by atoms with Crippen LogP contribution in [0, 0.1) is 0 Å². The van der Waals surface area contributed by atoms with Crippen LogP contribution in [-0.4, -0.2) is 46.5 Å². The highest BCUT2D eigenvalue weighted by molar-refractivity contribution is 7.91. The highest BCUT2D eigenvalue weighted by Crippen LogP contribution is 2.14. The number of nitrogens with one attached hydrogen (secondary N) is 1. The Morgan fingerprint density at radius 3 is 3.05 bits per heavy atom. The van der Waals surface area contributed by atoms with Gasteiger partial charge in [0, 0.05) is 18.4 Å². The second-order valence-corrected chi connectivity index (χ2v) is 7.12. The van der Waals surface area contributed by atoms with Crippen molar-refractivity contribution < 1.29 is 13.2 Å². The predicted octanol–water partition coefficient (Wildman–Crippen LogP) is 0.0363. The number of rotatable bonds is 2. The van der Waals surface area contributed by atoms with Crippen molar-refractivity contribution in [1.29, 1.82) is 0 Å². The zero-order valence-electron chi connectivity index (χ0n) is 10.7. The summed E-state index contributed by atoms with van der Waals surface area (Å²) < 4.78 is 24.7. The lowest BCUT2D eigenvalue weighted by Crippen LogP contribution is -2.43. The fourth-order valence-electron chi connectivity index (χ4n) is 2.41. The summed E-state index contributed by atoms with van der Waals surface area (Å²) in [6.45, 7) is 0. The molecule has 3 rings (SSSR count). The first-order valence-corrected chi connectivity index (χ1v) is 8.16. The first kappa shape index (κ1) is 13.0. The van der Waals surface area contributed by atoms with Crippen molar-refractivity contribution in [2.45, 2.75) is 18.9 Å². The predicted molar refractivity (Wildman–Crippen MR) is 72.1 cm³/mol. The summed E-state index contributed by atoms with van der Waals surface area (Å²) in [5.41, 5.74) is 1.00. The van der Waals surface area contributed by atoms with E-state index in [1.165, 1.54) is 6.20 Å². The Bertz CT molecular complexity index is 753. The van der Waals surface area contributed by atoms with E-state index in [1.807, 2.05) is 0 Å². The molecule has 106 valence electrons. The number of nitrogens with zero attached hydrogens (tertiary/aromatic N) is 3. The molecular weight excluding hydrogens is 280 g/mol. The number of fused-ring (bicyclic) bond motifs is 1. The topological polar surface area (TPSA) is 93.4 Å². The van der Waals surface area contributed by atoms with E-state index in [9.17, 15) is 13.2 Å². The lowest BCUT2D eigenvalue weighted by molar-refractivity contribution is 0.0940. The molecule has 2 aromatic rings. The Labute approximate surface area is 115 Å². The fraction of sp³-hybridized carbons (Fsp3) is 0.417. The molecule has 1 aliphatic heterocycles. The van der Waals surface area contributed by atoms with Crippen molar-refractivity contribution in [2.24, 2.45) is 0 Å². The maximum absolute atomic E-state index is 12.2. The summed E-state index contributed by atoms with van der Waals surface area (Å²) >= 11 is 0. The number of amides is 1. The zero-order chi connectivity index (χ0) is 14.2. The van der Waals surface area contributed by atoms with Gasteiger partial charge in [-0.2, -0.15) is 5.10 Å². The normalized spacial score (nSPS) is 21.7. The Morgan fingerprint density at radius 1 is 1.40 bits per heavy atom. The molecule has 1 fully saturated rings. The molecule has 1 aliphatic rings. The van der Waals surface area contributed by atoms with Crippen LogP contribution >= 0.6 is 0 Å². The van der Waals surface area contributed by atoms with Crippen molar-refractivity contribution in [2.75, 3.05) is 11.5 Å². The molecule has 0 saturated carbocycles. The maximum Gasteiger partial charge on any atom is 0.255 e.